The number of carbonyl (C=O) groups is 2. The average molecular weight is 330 g/mol. The molecule has 4 aliphatic carbocycles. The van der Waals surface area contributed by atoms with E-state index in [0.717, 1.165) is 38.0 Å². The van der Waals surface area contributed by atoms with Gasteiger partial charge in [-0.25, -0.2) is 0 Å². The first-order valence-electron chi connectivity index (χ1n) is 9.76. The molecule has 0 saturated heterocycles. The predicted molar refractivity (Wildman–Crippen MR) is 92.3 cm³/mol. The van der Waals surface area contributed by atoms with Crippen molar-refractivity contribution in [2.75, 3.05) is 0 Å². The van der Waals surface area contributed by atoms with Gasteiger partial charge in [-0.2, -0.15) is 0 Å². The second-order valence-corrected chi connectivity index (χ2v) is 9.19. The first-order chi connectivity index (χ1) is 11.3. The Hall–Kier alpha value is -1.12. The van der Waals surface area contributed by atoms with Crippen LogP contribution >= 0.6 is 0 Å². The first-order valence-corrected chi connectivity index (χ1v) is 9.76. The average Bonchev–Trinajstić information content (AvgIpc) is 2.84. The molecule has 24 heavy (non-hydrogen) atoms. The zero-order chi connectivity index (χ0) is 17.1. The van der Waals surface area contributed by atoms with Crippen LogP contribution in [0.5, 0.6) is 0 Å². The molecule has 3 nitrogen and oxygen atoms in total. The van der Waals surface area contributed by atoms with E-state index in [1.807, 2.05) is 6.08 Å². The van der Waals surface area contributed by atoms with Crippen molar-refractivity contribution in [3.8, 4) is 0 Å². The highest BCUT2D eigenvalue weighted by Gasteiger charge is 2.59. The van der Waals surface area contributed by atoms with Crippen LogP contribution in [0.3, 0.4) is 0 Å². The molecule has 0 aromatic carbocycles. The zero-order valence-corrected chi connectivity index (χ0v) is 15.3. The minimum atomic E-state index is -0.129. The molecule has 0 unspecified atom stereocenters. The number of rotatable bonds is 1. The van der Waals surface area contributed by atoms with E-state index in [2.05, 4.69) is 13.8 Å². The molecular formula is C21H30O3. The monoisotopic (exact) mass is 330 g/mol. The summed E-state index contributed by atoms with van der Waals surface area (Å²) in [6.45, 7) is 6.33. The normalized spacial score (nSPS) is 47.3. The van der Waals surface area contributed by atoms with E-state index < -0.39 is 0 Å². The molecule has 4 aliphatic rings. The van der Waals surface area contributed by atoms with E-state index in [9.17, 15) is 9.59 Å². The van der Waals surface area contributed by atoms with Crippen LogP contribution in [0, 0.1) is 28.6 Å². The van der Waals surface area contributed by atoms with Crippen LogP contribution in [0.25, 0.3) is 0 Å². The van der Waals surface area contributed by atoms with E-state index in [-0.39, 0.29) is 22.9 Å². The number of ether oxygens (including phenoxy) is 1. The molecule has 3 saturated carbocycles. The van der Waals surface area contributed by atoms with E-state index in [0.29, 0.717) is 17.6 Å². The second-order valence-electron chi connectivity index (χ2n) is 9.19. The van der Waals surface area contributed by atoms with Gasteiger partial charge in [0.1, 0.15) is 6.10 Å². The van der Waals surface area contributed by atoms with Gasteiger partial charge in [0, 0.05) is 18.8 Å². The van der Waals surface area contributed by atoms with Gasteiger partial charge in [-0.15, -0.1) is 0 Å². The molecule has 0 heterocycles. The molecule has 0 radical (unpaired) electrons. The number of allylic oxidation sites excluding steroid dienone is 1. The lowest BCUT2D eigenvalue weighted by Gasteiger charge is -2.57. The Labute approximate surface area is 145 Å². The summed E-state index contributed by atoms with van der Waals surface area (Å²) in [7, 11) is 0. The molecule has 4 rings (SSSR count). The fourth-order valence-electron chi connectivity index (χ4n) is 6.91. The van der Waals surface area contributed by atoms with Crippen molar-refractivity contribution in [1.82, 2.24) is 0 Å². The van der Waals surface area contributed by atoms with Gasteiger partial charge in [-0.05, 0) is 74.2 Å². The predicted octanol–water partition coefficient (Wildman–Crippen LogP) is 4.45. The quantitative estimate of drug-likeness (QED) is 0.667. The largest absolute Gasteiger partial charge is 0.462 e. The lowest BCUT2D eigenvalue weighted by Crippen LogP contribution is -2.51. The fraction of sp³-hybridized carbons (Fsp3) is 0.810. The minimum absolute atomic E-state index is 0.110. The number of fused-ring (bicyclic) bond motifs is 5. The molecule has 0 N–H and O–H groups in total. The van der Waals surface area contributed by atoms with Crippen LogP contribution in [0.4, 0.5) is 0 Å². The Morgan fingerprint density at radius 3 is 2.62 bits per heavy atom. The van der Waals surface area contributed by atoms with Crippen LogP contribution in [-0.4, -0.2) is 17.9 Å². The van der Waals surface area contributed by atoms with Gasteiger partial charge in [-0.3, -0.25) is 9.59 Å². The van der Waals surface area contributed by atoms with Crippen molar-refractivity contribution in [3.05, 3.63) is 11.6 Å². The highest BCUT2D eigenvalue weighted by Crippen LogP contribution is 2.65. The van der Waals surface area contributed by atoms with Crippen LogP contribution in [0.15, 0.2) is 11.6 Å². The van der Waals surface area contributed by atoms with Crippen LogP contribution in [0.1, 0.15) is 72.1 Å². The van der Waals surface area contributed by atoms with Crippen LogP contribution in [0.2, 0.25) is 0 Å². The van der Waals surface area contributed by atoms with E-state index in [1.165, 1.54) is 24.8 Å². The fourth-order valence-corrected chi connectivity index (χ4v) is 6.91. The molecule has 3 fully saturated rings. The summed E-state index contributed by atoms with van der Waals surface area (Å²) in [5.74, 6) is 2.32. The topological polar surface area (TPSA) is 43.4 Å². The van der Waals surface area contributed by atoms with Crippen molar-refractivity contribution in [2.45, 2.75) is 78.2 Å². The van der Waals surface area contributed by atoms with Gasteiger partial charge in [0.2, 0.25) is 0 Å². The van der Waals surface area contributed by atoms with E-state index in [4.69, 9.17) is 4.74 Å². The van der Waals surface area contributed by atoms with Gasteiger partial charge in [0.25, 0.3) is 0 Å². The lowest BCUT2D eigenvalue weighted by molar-refractivity contribution is -0.157. The summed E-state index contributed by atoms with van der Waals surface area (Å²) in [5.41, 5.74) is 1.82. The summed E-state index contributed by atoms with van der Waals surface area (Å²) >= 11 is 0. The highest BCUT2D eigenvalue weighted by molar-refractivity contribution is 5.91. The zero-order valence-electron chi connectivity index (χ0n) is 15.3. The van der Waals surface area contributed by atoms with E-state index in [1.54, 1.807) is 6.92 Å². The summed E-state index contributed by atoms with van der Waals surface area (Å²) < 4.78 is 5.71. The third kappa shape index (κ3) is 2.23. The molecule has 0 aliphatic heterocycles. The highest BCUT2D eigenvalue weighted by atomic mass is 16.5. The lowest BCUT2D eigenvalue weighted by atomic mass is 9.47. The Morgan fingerprint density at radius 2 is 1.88 bits per heavy atom. The molecule has 0 aromatic heterocycles. The minimum Gasteiger partial charge on any atom is -0.462 e. The summed E-state index contributed by atoms with van der Waals surface area (Å²) in [5, 5.41) is 0. The molecule has 0 bridgehead atoms. The van der Waals surface area contributed by atoms with Crippen LogP contribution in [-0.2, 0) is 14.3 Å². The smallest absolute Gasteiger partial charge is 0.302 e. The third-order valence-corrected chi connectivity index (χ3v) is 8.18. The Bertz CT molecular complexity index is 606. The first kappa shape index (κ1) is 16.4. The van der Waals surface area contributed by atoms with Gasteiger partial charge in [-0.1, -0.05) is 19.4 Å². The maximum absolute atomic E-state index is 11.9. The van der Waals surface area contributed by atoms with Crippen molar-refractivity contribution >= 4 is 11.8 Å². The van der Waals surface area contributed by atoms with Gasteiger partial charge >= 0.3 is 5.97 Å². The molecular weight excluding hydrogens is 300 g/mol. The number of esters is 1. The van der Waals surface area contributed by atoms with Gasteiger partial charge in [0.05, 0.1) is 0 Å². The summed E-state index contributed by atoms with van der Waals surface area (Å²) in [6.07, 6.45) is 10.8. The third-order valence-electron chi connectivity index (χ3n) is 8.18. The second kappa shape index (κ2) is 5.44. The Morgan fingerprint density at radius 1 is 1.08 bits per heavy atom. The van der Waals surface area contributed by atoms with Crippen LogP contribution < -0.4 is 0 Å². The van der Waals surface area contributed by atoms with Crippen molar-refractivity contribution in [1.29, 1.82) is 0 Å². The maximum Gasteiger partial charge on any atom is 0.302 e. The number of hydrogen-bond donors (Lipinski definition) is 0. The molecule has 0 amide bonds. The Balaban J connectivity index is 1.62. The van der Waals surface area contributed by atoms with Gasteiger partial charge < -0.3 is 4.74 Å². The summed E-state index contributed by atoms with van der Waals surface area (Å²) in [4.78, 5) is 23.4. The molecule has 0 spiro atoms. The molecule has 132 valence electrons. The van der Waals surface area contributed by atoms with Crippen molar-refractivity contribution < 1.29 is 14.3 Å². The summed E-state index contributed by atoms with van der Waals surface area (Å²) in [6, 6.07) is 0. The number of hydrogen-bond acceptors (Lipinski definition) is 3. The Kier molecular flexibility index (Phi) is 3.71. The standard InChI is InChI=1S/C21H30O3/c1-13(22)24-19-7-6-17-16-5-4-14-12-15(23)8-10-20(14,2)18(16)9-11-21(17,19)3/h12,16-19H,4-11H2,1-3H3/t16-,17+,18-,19-,20-,21-/m0/s1. The van der Waals surface area contributed by atoms with Gasteiger partial charge in [0.15, 0.2) is 5.78 Å². The molecule has 6 atom stereocenters. The SMILES string of the molecule is CC(=O)O[C@H]1CC[C@@H]2[C@@H]3CCC4=CC(=O)CC[C@]4(C)[C@H]3CC[C@]12C. The van der Waals surface area contributed by atoms with Crippen molar-refractivity contribution in [2.24, 2.45) is 28.6 Å². The number of carbonyl (C=O) groups excluding carboxylic acids is 2. The maximum atomic E-state index is 11.9. The van der Waals surface area contributed by atoms with E-state index >= 15 is 0 Å². The van der Waals surface area contributed by atoms with Crippen molar-refractivity contribution in [3.63, 3.8) is 0 Å². The molecule has 0 aromatic rings. The molecule has 3 heteroatoms. The number of ketones is 1.